The first kappa shape index (κ1) is 21.8. The minimum atomic E-state index is -5.82. The Balaban J connectivity index is 1.79. The molecule has 2 heterocycles. The minimum absolute atomic E-state index is 0.0609. The van der Waals surface area contributed by atoms with Gasteiger partial charge in [-0.3, -0.25) is 0 Å². The Labute approximate surface area is 173 Å². The first-order valence-corrected chi connectivity index (χ1v) is 11.3. The average Bonchev–Trinajstić information content (AvgIpc) is 3.09. The minimum Gasteiger partial charge on any atom is -0.355 e. The van der Waals surface area contributed by atoms with Gasteiger partial charge in [0.05, 0.1) is 18.9 Å². The van der Waals surface area contributed by atoms with E-state index in [1.807, 2.05) is 6.92 Å². The molecule has 2 fully saturated rings. The van der Waals surface area contributed by atoms with E-state index in [2.05, 4.69) is 28.0 Å². The third kappa shape index (κ3) is 2.96. The Morgan fingerprint density at radius 3 is 2.33 bits per heavy atom. The van der Waals surface area contributed by atoms with Crippen LogP contribution in [-0.2, 0) is 31.4 Å². The Kier molecular flexibility index (Phi) is 4.73. The molecule has 30 heavy (non-hydrogen) atoms. The molecule has 0 radical (unpaired) electrons. The number of hydrogen-bond acceptors (Lipinski definition) is 7. The first-order chi connectivity index (χ1) is 13.7. The smallest absolute Gasteiger partial charge is 0.355 e. The zero-order valence-corrected chi connectivity index (χ0v) is 18.1. The van der Waals surface area contributed by atoms with Crippen LogP contribution in [0, 0.1) is 18.3 Å². The van der Waals surface area contributed by atoms with Gasteiger partial charge >= 0.3 is 15.6 Å². The van der Waals surface area contributed by atoms with Crippen LogP contribution in [0.3, 0.4) is 0 Å². The molecular formula is C19H25F3N2O5S. The van der Waals surface area contributed by atoms with Crippen LogP contribution in [0.2, 0.25) is 0 Å². The van der Waals surface area contributed by atoms with Crippen LogP contribution in [0.25, 0.3) is 0 Å². The third-order valence-electron chi connectivity index (χ3n) is 7.13. The molecule has 2 aliphatic carbocycles. The molecule has 1 saturated heterocycles. The highest BCUT2D eigenvalue weighted by molar-refractivity contribution is 7.87. The number of aryl methyl sites for hydroxylation is 1. The predicted octanol–water partition coefficient (Wildman–Crippen LogP) is 3.40. The summed E-state index contributed by atoms with van der Waals surface area (Å²) < 4.78 is 78.4. The summed E-state index contributed by atoms with van der Waals surface area (Å²) in [6, 6.07) is 0. The Morgan fingerprint density at radius 1 is 1.10 bits per heavy atom. The molecule has 1 aromatic heterocycles. The highest BCUT2D eigenvalue weighted by Gasteiger charge is 2.64. The van der Waals surface area contributed by atoms with Crippen molar-refractivity contribution in [3.05, 3.63) is 17.1 Å². The number of fused-ring (bicyclic) bond motifs is 3. The predicted molar refractivity (Wildman–Crippen MR) is 99.2 cm³/mol. The molecule has 0 aromatic carbocycles. The van der Waals surface area contributed by atoms with Crippen molar-refractivity contribution in [3.63, 3.8) is 0 Å². The SMILES string of the molecule is Cc1nc(OS(=O)(=O)C(F)(F)F)c2c(n1)[C@@]1(C)CCC3(OCCO3)C(C)(C)[C@@H]1CC2. The molecule has 4 rings (SSSR count). The molecule has 1 aromatic rings. The second-order valence-electron chi connectivity index (χ2n) is 9.07. The van der Waals surface area contributed by atoms with Crippen molar-refractivity contribution < 1.29 is 35.2 Å². The van der Waals surface area contributed by atoms with Gasteiger partial charge in [-0.15, -0.1) is 0 Å². The fourth-order valence-corrected chi connectivity index (χ4v) is 6.13. The summed E-state index contributed by atoms with van der Waals surface area (Å²) in [5.74, 6) is -1.00. The number of rotatable bonds is 2. The molecule has 0 unspecified atom stereocenters. The summed E-state index contributed by atoms with van der Waals surface area (Å²) in [7, 11) is -5.82. The second-order valence-corrected chi connectivity index (χ2v) is 10.6. The van der Waals surface area contributed by atoms with E-state index in [0.29, 0.717) is 50.2 Å². The maximum Gasteiger partial charge on any atom is 0.534 e. The summed E-state index contributed by atoms with van der Waals surface area (Å²) in [6.45, 7) is 8.76. The molecule has 1 spiro atoms. The average molecular weight is 450 g/mol. The monoisotopic (exact) mass is 450 g/mol. The molecule has 3 aliphatic rings. The van der Waals surface area contributed by atoms with Gasteiger partial charge in [0, 0.05) is 22.8 Å². The lowest BCUT2D eigenvalue weighted by atomic mass is 9.49. The normalized spacial score (nSPS) is 30.0. The third-order valence-corrected chi connectivity index (χ3v) is 8.07. The van der Waals surface area contributed by atoms with Crippen molar-refractivity contribution in [2.45, 2.75) is 70.1 Å². The van der Waals surface area contributed by atoms with Crippen LogP contribution in [-0.4, -0.2) is 42.9 Å². The lowest BCUT2D eigenvalue weighted by Gasteiger charge is -2.59. The molecule has 0 amide bonds. The molecule has 0 N–H and O–H groups in total. The van der Waals surface area contributed by atoms with Crippen LogP contribution in [0.5, 0.6) is 5.88 Å². The lowest BCUT2D eigenvalue weighted by Crippen LogP contribution is -2.61. The molecule has 2 atom stereocenters. The van der Waals surface area contributed by atoms with Gasteiger partial charge in [0.2, 0.25) is 5.88 Å². The number of alkyl halides is 3. The molecular weight excluding hydrogens is 425 g/mol. The number of nitrogens with zero attached hydrogens (tertiary/aromatic N) is 2. The van der Waals surface area contributed by atoms with Gasteiger partial charge in [0.25, 0.3) is 0 Å². The van der Waals surface area contributed by atoms with Crippen LogP contribution < -0.4 is 4.18 Å². The zero-order chi connectivity index (χ0) is 22.2. The van der Waals surface area contributed by atoms with Crippen LogP contribution in [0.15, 0.2) is 0 Å². The number of hydrogen-bond donors (Lipinski definition) is 0. The van der Waals surface area contributed by atoms with E-state index < -0.39 is 32.7 Å². The molecule has 1 saturated carbocycles. The van der Waals surface area contributed by atoms with Crippen LogP contribution >= 0.6 is 0 Å². The van der Waals surface area contributed by atoms with E-state index in [0.717, 1.165) is 0 Å². The molecule has 1 aliphatic heterocycles. The van der Waals surface area contributed by atoms with Gasteiger partial charge in [-0.1, -0.05) is 20.8 Å². The van der Waals surface area contributed by atoms with Gasteiger partial charge in [-0.25, -0.2) is 4.98 Å². The van der Waals surface area contributed by atoms with E-state index >= 15 is 0 Å². The van der Waals surface area contributed by atoms with Gasteiger partial charge < -0.3 is 13.7 Å². The number of ether oxygens (including phenoxy) is 2. The van der Waals surface area contributed by atoms with Crippen molar-refractivity contribution in [2.24, 2.45) is 11.3 Å². The fraction of sp³-hybridized carbons (Fsp3) is 0.789. The summed E-state index contributed by atoms with van der Waals surface area (Å²) in [6.07, 6.45) is 2.14. The summed E-state index contributed by atoms with van der Waals surface area (Å²) in [5, 5.41) is 0. The zero-order valence-electron chi connectivity index (χ0n) is 17.3. The van der Waals surface area contributed by atoms with E-state index in [-0.39, 0.29) is 17.2 Å². The topological polar surface area (TPSA) is 87.6 Å². The van der Waals surface area contributed by atoms with Crippen molar-refractivity contribution >= 4 is 10.1 Å². The van der Waals surface area contributed by atoms with Gasteiger partial charge in [-0.2, -0.15) is 26.6 Å². The van der Waals surface area contributed by atoms with E-state index in [9.17, 15) is 21.6 Å². The lowest BCUT2D eigenvalue weighted by molar-refractivity contribution is -0.276. The standard InChI is InChI=1S/C19H25F3N2O5S/c1-11-23-14-12(15(24-11)29-30(25,26)19(20,21)22)5-6-13-16(2,3)18(27-9-10-28-18)8-7-17(13,14)4/h13H,5-10H2,1-4H3/t13-,17-/m0/s1. The number of halogens is 3. The molecule has 168 valence electrons. The fourth-order valence-electron chi connectivity index (χ4n) is 5.69. The van der Waals surface area contributed by atoms with E-state index in [1.165, 1.54) is 6.92 Å². The van der Waals surface area contributed by atoms with Gasteiger partial charge in [0.1, 0.15) is 5.82 Å². The van der Waals surface area contributed by atoms with Gasteiger partial charge in [-0.05, 0) is 32.1 Å². The molecule has 0 bridgehead atoms. The van der Waals surface area contributed by atoms with E-state index in [1.54, 1.807) is 0 Å². The largest absolute Gasteiger partial charge is 0.534 e. The maximum absolute atomic E-state index is 12.9. The van der Waals surface area contributed by atoms with Crippen molar-refractivity contribution in [2.75, 3.05) is 13.2 Å². The Hall–Kier alpha value is -1.46. The summed E-state index contributed by atoms with van der Waals surface area (Å²) in [5.41, 5.74) is -5.54. The summed E-state index contributed by atoms with van der Waals surface area (Å²) in [4.78, 5) is 8.45. The van der Waals surface area contributed by atoms with Crippen molar-refractivity contribution in [3.8, 4) is 5.88 Å². The van der Waals surface area contributed by atoms with Gasteiger partial charge in [0.15, 0.2) is 5.79 Å². The quantitative estimate of drug-likeness (QED) is 0.504. The number of aromatic nitrogens is 2. The van der Waals surface area contributed by atoms with Crippen molar-refractivity contribution in [1.82, 2.24) is 9.97 Å². The Morgan fingerprint density at radius 2 is 1.73 bits per heavy atom. The highest BCUT2D eigenvalue weighted by atomic mass is 32.2. The first-order valence-electron chi connectivity index (χ1n) is 9.90. The second kappa shape index (κ2) is 6.52. The summed E-state index contributed by atoms with van der Waals surface area (Å²) >= 11 is 0. The van der Waals surface area contributed by atoms with E-state index in [4.69, 9.17) is 9.47 Å². The van der Waals surface area contributed by atoms with Crippen molar-refractivity contribution in [1.29, 1.82) is 0 Å². The maximum atomic E-state index is 12.9. The van der Waals surface area contributed by atoms with Crippen LogP contribution in [0.1, 0.15) is 57.1 Å². The molecule has 11 heteroatoms. The Bertz CT molecular complexity index is 973. The molecule has 7 nitrogen and oxygen atoms in total. The highest BCUT2D eigenvalue weighted by Crippen LogP contribution is 2.62. The van der Waals surface area contributed by atoms with Crippen LogP contribution in [0.4, 0.5) is 13.2 Å².